The number of ether oxygens (including phenoxy) is 1. The first-order chi connectivity index (χ1) is 11.2. The van der Waals surface area contributed by atoms with Crippen LogP contribution in [0.2, 0.25) is 0 Å². The van der Waals surface area contributed by atoms with E-state index in [0.29, 0.717) is 11.8 Å². The third kappa shape index (κ3) is 2.56. The number of nitrogens with zero attached hydrogens (tertiary/aromatic N) is 1. The first-order valence-electron chi connectivity index (χ1n) is 7.77. The van der Waals surface area contributed by atoms with Crippen LogP contribution in [-0.2, 0) is 0 Å². The summed E-state index contributed by atoms with van der Waals surface area (Å²) in [5.41, 5.74) is 5.68. The summed E-state index contributed by atoms with van der Waals surface area (Å²) < 4.78 is 7.68. The van der Waals surface area contributed by atoms with Gasteiger partial charge in [-0.15, -0.1) is 0 Å². The van der Waals surface area contributed by atoms with Crippen LogP contribution in [-0.4, -0.2) is 11.1 Å². The van der Waals surface area contributed by atoms with Crippen molar-refractivity contribution < 1.29 is 4.74 Å². The van der Waals surface area contributed by atoms with Crippen LogP contribution in [0.5, 0.6) is 5.75 Å². The zero-order valence-corrected chi connectivity index (χ0v) is 16.1. The summed E-state index contributed by atoms with van der Waals surface area (Å²) in [5.74, 6) is 2.18. The van der Waals surface area contributed by atoms with Gasteiger partial charge in [0, 0.05) is 47.3 Å². The third-order valence-corrected chi connectivity index (χ3v) is 6.60. The Kier molecular flexibility index (Phi) is 4.05. The van der Waals surface area contributed by atoms with Crippen LogP contribution in [0, 0.1) is 6.92 Å². The van der Waals surface area contributed by atoms with Gasteiger partial charge >= 0.3 is 0 Å². The molecule has 0 aliphatic heterocycles. The van der Waals surface area contributed by atoms with Gasteiger partial charge in [0.25, 0.3) is 0 Å². The summed E-state index contributed by atoms with van der Waals surface area (Å²) in [6.07, 6.45) is 1.24. The number of hydrogen-bond donors (Lipinski definition) is 0. The number of aryl methyl sites for hydroxylation is 1. The predicted molar refractivity (Wildman–Crippen MR) is 107 cm³/mol. The monoisotopic (exact) mass is 435 g/mol. The minimum Gasteiger partial charge on any atom is -0.497 e. The van der Waals surface area contributed by atoms with Crippen molar-refractivity contribution in [3.05, 3.63) is 65.4 Å². The zero-order valence-electron chi connectivity index (χ0n) is 13.1. The molecular weight excluding hydrogens is 417 g/mol. The maximum Gasteiger partial charge on any atom is 0.118 e. The van der Waals surface area contributed by atoms with Gasteiger partial charge in [0.05, 0.1) is 12.6 Å². The molecule has 0 N–H and O–H groups in total. The van der Waals surface area contributed by atoms with Crippen molar-refractivity contribution >= 4 is 41.2 Å². The summed E-state index contributed by atoms with van der Waals surface area (Å²) >= 11 is 2.40. The van der Waals surface area contributed by atoms with Gasteiger partial charge in [-0.25, -0.2) is 0 Å². The Morgan fingerprint density at radius 1 is 1.09 bits per heavy atom. The van der Waals surface area contributed by atoms with Gasteiger partial charge in [0.15, 0.2) is 0 Å². The van der Waals surface area contributed by atoms with Gasteiger partial charge in [-0.1, -0.05) is 30.3 Å². The van der Waals surface area contributed by atoms with Crippen molar-refractivity contribution in [1.82, 2.24) is 3.97 Å². The van der Waals surface area contributed by atoms with Crippen molar-refractivity contribution in [3.8, 4) is 5.75 Å². The summed E-state index contributed by atoms with van der Waals surface area (Å²) in [6, 6.07) is 17.3. The minimum absolute atomic E-state index is 0.623. The molecule has 1 saturated carbocycles. The third-order valence-electron chi connectivity index (χ3n) is 4.88. The molecular formula is C19H18INOS. The van der Waals surface area contributed by atoms with Crippen molar-refractivity contribution in [2.24, 2.45) is 0 Å². The number of para-hydroxylation sites is 1. The number of hydrogen-bond acceptors (Lipinski definition) is 2. The minimum atomic E-state index is 0.623. The van der Waals surface area contributed by atoms with Gasteiger partial charge in [-0.2, -0.15) is 0 Å². The van der Waals surface area contributed by atoms with Crippen molar-refractivity contribution in [1.29, 1.82) is 0 Å². The quantitative estimate of drug-likeness (QED) is 0.462. The summed E-state index contributed by atoms with van der Waals surface area (Å²) in [5, 5.41) is 1.38. The van der Waals surface area contributed by atoms with Crippen LogP contribution in [0.15, 0.2) is 48.5 Å². The van der Waals surface area contributed by atoms with Crippen LogP contribution in [0.1, 0.15) is 35.1 Å². The van der Waals surface area contributed by atoms with Crippen molar-refractivity contribution in [3.63, 3.8) is 0 Å². The molecule has 3 aromatic rings. The molecule has 0 saturated heterocycles. The number of methoxy groups -OCH3 is 1. The van der Waals surface area contributed by atoms with E-state index >= 15 is 0 Å². The molecule has 1 aliphatic rings. The van der Waals surface area contributed by atoms with E-state index in [2.05, 4.69) is 80.6 Å². The average Bonchev–Trinajstić information content (AvgIpc) is 3.34. The molecule has 0 unspecified atom stereocenters. The molecule has 0 bridgehead atoms. The highest BCUT2D eigenvalue weighted by Crippen LogP contribution is 2.57. The van der Waals surface area contributed by atoms with Crippen LogP contribution in [0.4, 0.5) is 0 Å². The molecule has 2 atom stereocenters. The van der Waals surface area contributed by atoms with Gasteiger partial charge in [0.1, 0.15) is 5.75 Å². The van der Waals surface area contributed by atoms with E-state index in [1.807, 2.05) is 0 Å². The van der Waals surface area contributed by atoms with Crippen LogP contribution >= 0.6 is 30.3 Å². The van der Waals surface area contributed by atoms with E-state index in [4.69, 9.17) is 4.74 Å². The van der Waals surface area contributed by atoms with E-state index in [-0.39, 0.29) is 0 Å². The summed E-state index contributed by atoms with van der Waals surface area (Å²) in [4.78, 5) is 0. The van der Waals surface area contributed by atoms with E-state index in [9.17, 15) is 0 Å². The molecule has 0 radical (unpaired) electrons. The fourth-order valence-corrected chi connectivity index (χ4v) is 5.46. The lowest BCUT2D eigenvalue weighted by Crippen LogP contribution is -1.94. The fourth-order valence-electron chi connectivity index (χ4n) is 3.61. The van der Waals surface area contributed by atoms with Crippen LogP contribution in [0.3, 0.4) is 0 Å². The lowest BCUT2D eigenvalue weighted by atomic mass is 10.1. The first-order valence-corrected chi connectivity index (χ1v) is 11.1. The molecule has 2 nitrogen and oxygen atoms in total. The molecule has 118 valence electrons. The second kappa shape index (κ2) is 6.06. The lowest BCUT2D eigenvalue weighted by molar-refractivity contribution is 0.414. The van der Waals surface area contributed by atoms with Crippen molar-refractivity contribution in [2.75, 3.05) is 7.11 Å². The highest BCUT2D eigenvalue weighted by Gasteiger charge is 2.43. The van der Waals surface area contributed by atoms with Gasteiger partial charge in [0.2, 0.25) is 0 Å². The highest BCUT2D eigenvalue weighted by molar-refractivity contribution is 14.2. The maximum absolute atomic E-state index is 5.27. The molecule has 4 rings (SSSR count). The number of halogens is 1. The number of benzene rings is 2. The summed E-state index contributed by atoms with van der Waals surface area (Å²) in [7, 11) is 3.50. The molecule has 0 amide bonds. The topological polar surface area (TPSA) is 14.2 Å². The van der Waals surface area contributed by atoms with Gasteiger partial charge in [-0.05, 0) is 48.6 Å². The Morgan fingerprint density at radius 3 is 2.52 bits per heavy atom. The predicted octanol–water partition coefficient (Wildman–Crippen LogP) is 6.08. The Labute approximate surface area is 152 Å². The second-order valence-corrected chi connectivity index (χ2v) is 7.80. The number of fused-ring (bicyclic) bond motifs is 1. The zero-order chi connectivity index (χ0) is 16.0. The standard InChI is InChI=1S/C19H18INOS/c1-12-15-5-3-4-6-18(15)21(23-20)19(12)17-11-16(17)13-7-9-14(22-2)10-8-13/h3-10,16-17H,11H2,1-2H3/t16-,17-/m0/s1. The van der Waals surface area contributed by atoms with E-state index in [1.54, 1.807) is 16.2 Å². The largest absolute Gasteiger partial charge is 0.497 e. The highest BCUT2D eigenvalue weighted by atomic mass is 127. The molecule has 1 fully saturated rings. The molecule has 4 heteroatoms. The first kappa shape index (κ1) is 15.4. The average molecular weight is 435 g/mol. The molecule has 1 heterocycles. The smallest absolute Gasteiger partial charge is 0.118 e. The van der Waals surface area contributed by atoms with Gasteiger partial charge in [-0.3, -0.25) is 3.97 Å². The molecule has 2 aromatic carbocycles. The Hall–Kier alpha value is -1.14. The second-order valence-electron chi connectivity index (χ2n) is 6.11. The lowest BCUT2D eigenvalue weighted by Gasteiger charge is -2.07. The normalized spacial score (nSPS) is 20.0. The number of rotatable bonds is 4. The molecule has 23 heavy (non-hydrogen) atoms. The number of aromatic nitrogens is 1. The Bertz CT molecular complexity index is 856. The van der Waals surface area contributed by atoms with E-state index in [0.717, 1.165) is 5.75 Å². The molecule has 1 aromatic heterocycles. The van der Waals surface area contributed by atoms with E-state index < -0.39 is 0 Å². The summed E-state index contributed by atoms with van der Waals surface area (Å²) in [6.45, 7) is 2.27. The molecule has 1 aliphatic carbocycles. The maximum atomic E-state index is 5.27. The van der Waals surface area contributed by atoms with E-state index in [1.165, 1.54) is 34.1 Å². The van der Waals surface area contributed by atoms with Crippen LogP contribution < -0.4 is 4.74 Å². The van der Waals surface area contributed by atoms with Crippen molar-refractivity contribution in [2.45, 2.75) is 25.2 Å². The SMILES string of the molecule is COc1ccc([C@@H]2C[C@@H]2c2c(C)c3ccccc3n2SI)cc1. The fraction of sp³-hybridized carbons (Fsp3) is 0.263. The van der Waals surface area contributed by atoms with Gasteiger partial charge < -0.3 is 4.74 Å². The Morgan fingerprint density at radius 2 is 1.83 bits per heavy atom. The molecule has 0 spiro atoms. The van der Waals surface area contributed by atoms with Crippen LogP contribution in [0.25, 0.3) is 10.9 Å². The Balaban J connectivity index is 1.72.